The van der Waals surface area contributed by atoms with Crippen molar-refractivity contribution < 1.29 is 9.53 Å². The summed E-state index contributed by atoms with van der Waals surface area (Å²) in [5, 5.41) is 4.51. The number of hydrogen-bond donors (Lipinski definition) is 1. The molecule has 32 heavy (non-hydrogen) atoms. The van der Waals surface area contributed by atoms with Crippen LogP contribution in [-0.2, 0) is 4.79 Å². The van der Waals surface area contributed by atoms with Crippen LogP contribution in [0.2, 0.25) is 0 Å². The van der Waals surface area contributed by atoms with Crippen molar-refractivity contribution in [3.63, 3.8) is 0 Å². The van der Waals surface area contributed by atoms with E-state index in [9.17, 15) is 9.59 Å². The van der Waals surface area contributed by atoms with Crippen LogP contribution >= 0.6 is 0 Å². The zero-order valence-electron chi connectivity index (χ0n) is 17.6. The Bertz CT molecular complexity index is 1250. The average molecular weight is 429 g/mol. The quantitative estimate of drug-likeness (QED) is 0.607. The standard InChI is InChI=1S/C24H23N5O3/c1-32-22-16-18(28-14-5-8-23(28)31)9-10-20(22)29-15-12-21(30)24(27-29)19(11-13-25)26-17-6-3-2-4-7-17/h2-4,6-7,9-13,15-16H,5,8,14,25H2,1H3. The van der Waals surface area contributed by atoms with E-state index in [1.807, 2.05) is 42.5 Å². The summed E-state index contributed by atoms with van der Waals surface area (Å²) in [4.78, 5) is 31.0. The van der Waals surface area contributed by atoms with Crippen LogP contribution < -0.4 is 20.8 Å². The summed E-state index contributed by atoms with van der Waals surface area (Å²) in [6.07, 6.45) is 5.82. The Morgan fingerprint density at radius 2 is 1.97 bits per heavy atom. The van der Waals surface area contributed by atoms with Gasteiger partial charge in [0, 0.05) is 37.0 Å². The van der Waals surface area contributed by atoms with Crippen molar-refractivity contribution in [1.82, 2.24) is 9.78 Å². The molecule has 1 aromatic heterocycles. The van der Waals surface area contributed by atoms with Crippen LogP contribution in [0.25, 0.3) is 5.69 Å². The summed E-state index contributed by atoms with van der Waals surface area (Å²) in [6, 6.07) is 16.1. The molecular weight excluding hydrogens is 406 g/mol. The number of amides is 1. The minimum Gasteiger partial charge on any atom is -0.494 e. The monoisotopic (exact) mass is 429 g/mol. The van der Waals surface area contributed by atoms with Gasteiger partial charge in [0.25, 0.3) is 0 Å². The maximum absolute atomic E-state index is 12.6. The molecule has 0 radical (unpaired) electrons. The summed E-state index contributed by atoms with van der Waals surface area (Å²) >= 11 is 0. The maximum atomic E-state index is 12.6. The number of hydrogen-bond acceptors (Lipinski definition) is 6. The molecule has 0 unspecified atom stereocenters. The SMILES string of the molecule is COc1cc(N2CCCC2=O)ccc1-n1ccc(=O)c(C(C=CN)=Nc2ccccc2)n1. The zero-order valence-corrected chi connectivity index (χ0v) is 17.6. The molecule has 1 fully saturated rings. The Hall–Kier alpha value is -4.20. The van der Waals surface area contributed by atoms with E-state index in [2.05, 4.69) is 10.1 Å². The third-order valence-corrected chi connectivity index (χ3v) is 5.11. The predicted octanol–water partition coefficient (Wildman–Crippen LogP) is 2.96. The van der Waals surface area contributed by atoms with Gasteiger partial charge in [0.15, 0.2) is 5.69 Å². The van der Waals surface area contributed by atoms with Crippen molar-refractivity contribution in [3.8, 4) is 11.4 Å². The van der Waals surface area contributed by atoms with Gasteiger partial charge in [-0.2, -0.15) is 5.10 Å². The lowest BCUT2D eigenvalue weighted by atomic mass is 10.2. The van der Waals surface area contributed by atoms with E-state index >= 15 is 0 Å². The molecule has 0 atom stereocenters. The molecule has 1 aliphatic rings. The van der Waals surface area contributed by atoms with E-state index in [-0.39, 0.29) is 17.0 Å². The van der Waals surface area contributed by atoms with Gasteiger partial charge < -0.3 is 15.4 Å². The number of aromatic nitrogens is 2. The number of allylic oxidation sites excluding steroid dienone is 1. The van der Waals surface area contributed by atoms with Gasteiger partial charge in [-0.1, -0.05) is 18.2 Å². The molecule has 0 bridgehead atoms. The van der Waals surface area contributed by atoms with Crippen molar-refractivity contribution in [1.29, 1.82) is 0 Å². The van der Waals surface area contributed by atoms with Gasteiger partial charge in [0.2, 0.25) is 11.3 Å². The van der Waals surface area contributed by atoms with E-state index in [4.69, 9.17) is 10.5 Å². The summed E-state index contributed by atoms with van der Waals surface area (Å²) in [7, 11) is 1.55. The maximum Gasteiger partial charge on any atom is 0.227 e. The van der Waals surface area contributed by atoms with Crippen molar-refractivity contribution >= 4 is 23.0 Å². The van der Waals surface area contributed by atoms with Crippen LogP contribution in [0.5, 0.6) is 5.75 Å². The molecule has 2 aromatic carbocycles. The lowest BCUT2D eigenvalue weighted by Gasteiger charge is -2.18. The van der Waals surface area contributed by atoms with Crippen LogP contribution in [0.15, 0.2) is 82.9 Å². The number of rotatable bonds is 6. The molecule has 0 spiro atoms. The summed E-state index contributed by atoms with van der Waals surface area (Å²) in [5.41, 5.74) is 7.88. The third-order valence-electron chi connectivity index (χ3n) is 5.11. The van der Waals surface area contributed by atoms with E-state index in [0.29, 0.717) is 35.8 Å². The number of carbonyl (C=O) groups is 1. The Morgan fingerprint density at radius 3 is 2.66 bits per heavy atom. The van der Waals surface area contributed by atoms with Crippen LogP contribution in [0.3, 0.4) is 0 Å². The average Bonchev–Trinajstić information content (AvgIpc) is 3.25. The fourth-order valence-corrected chi connectivity index (χ4v) is 3.57. The van der Waals surface area contributed by atoms with Crippen LogP contribution in [0.4, 0.5) is 11.4 Å². The Kier molecular flexibility index (Phi) is 6.12. The lowest BCUT2D eigenvalue weighted by molar-refractivity contribution is -0.117. The van der Waals surface area contributed by atoms with Gasteiger partial charge in [-0.3, -0.25) is 9.59 Å². The number of benzene rings is 2. The molecule has 1 saturated heterocycles. The van der Waals surface area contributed by atoms with E-state index in [1.165, 1.54) is 12.3 Å². The highest BCUT2D eigenvalue weighted by Gasteiger charge is 2.23. The Labute approximate surface area is 185 Å². The first kappa shape index (κ1) is 21.0. The first-order chi connectivity index (χ1) is 15.6. The second kappa shape index (κ2) is 9.30. The van der Waals surface area contributed by atoms with Crippen LogP contribution in [0, 0.1) is 0 Å². The molecule has 2 N–H and O–H groups in total. The van der Waals surface area contributed by atoms with Crippen molar-refractivity contribution in [2.24, 2.45) is 10.7 Å². The van der Waals surface area contributed by atoms with E-state index < -0.39 is 0 Å². The number of nitrogens with two attached hydrogens (primary N) is 1. The van der Waals surface area contributed by atoms with Crippen LogP contribution in [-0.4, -0.2) is 35.1 Å². The number of methoxy groups -OCH3 is 1. The number of carbonyl (C=O) groups excluding carboxylic acids is 1. The topological polar surface area (TPSA) is 103 Å². The second-order valence-corrected chi connectivity index (χ2v) is 7.17. The first-order valence-corrected chi connectivity index (χ1v) is 10.2. The molecule has 162 valence electrons. The number of ether oxygens (including phenoxy) is 1. The molecule has 0 saturated carbocycles. The Morgan fingerprint density at radius 1 is 1.16 bits per heavy atom. The minimum absolute atomic E-state index is 0.0962. The molecule has 8 nitrogen and oxygen atoms in total. The summed E-state index contributed by atoms with van der Waals surface area (Å²) in [5.74, 6) is 0.624. The molecule has 2 heterocycles. The second-order valence-electron chi connectivity index (χ2n) is 7.17. The van der Waals surface area contributed by atoms with Gasteiger partial charge >= 0.3 is 0 Å². The number of anilines is 1. The largest absolute Gasteiger partial charge is 0.494 e. The van der Waals surface area contributed by atoms with Crippen LogP contribution in [0.1, 0.15) is 18.5 Å². The minimum atomic E-state index is -0.285. The smallest absolute Gasteiger partial charge is 0.227 e. The summed E-state index contributed by atoms with van der Waals surface area (Å²) < 4.78 is 7.12. The van der Waals surface area contributed by atoms with Gasteiger partial charge in [-0.05, 0) is 43.0 Å². The van der Waals surface area contributed by atoms with E-state index in [0.717, 1.165) is 12.1 Å². The highest BCUT2D eigenvalue weighted by Crippen LogP contribution is 2.30. The van der Waals surface area contributed by atoms with Crippen molar-refractivity contribution in [2.45, 2.75) is 12.8 Å². The zero-order chi connectivity index (χ0) is 22.5. The molecule has 3 aromatic rings. The first-order valence-electron chi connectivity index (χ1n) is 10.2. The number of nitrogens with zero attached hydrogens (tertiary/aromatic N) is 4. The summed E-state index contributed by atoms with van der Waals surface area (Å²) in [6.45, 7) is 0.687. The van der Waals surface area contributed by atoms with Gasteiger partial charge in [-0.25, -0.2) is 9.67 Å². The molecule has 0 aliphatic carbocycles. The van der Waals surface area contributed by atoms with Crippen molar-refractivity contribution in [3.05, 3.63) is 89.0 Å². The molecule has 1 amide bonds. The molecule has 1 aliphatic heterocycles. The van der Waals surface area contributed by atoms with E-state index in [1.54, 1.807) is 35.0 Å². The van der Waals surface area contributed by atoms with Gasteiger partial charge in [0.05, 0.1) is 18.5 Å². The fraction of sp³-hybridized carbons (Fsp3) is 0.167. The molecular formula is C24H23N5O3. The van der Waals surface area contributed by atoms with Crippen molar-refractivity contribution in [2.75, 3.05) is 18.6 Å². The van der Waals surface area contributed by atoms with Gasteiger partial charge in [0.1, 0.15) is 11.4 Å². The normalized spacial score (nSPS) is 14.3. The predicted molar refractivity (Wildman–Crippen MR) is 124 cm³/mol. The highest BCUT2D eigenvalue weighted by molar-refractivity contribution is 6.08. The van der Waals surface area contributed by atoms with Gasteiger partial charge in [-0.15, -0.1) is 0 Å². The number of para-hydroxylation sites is 1. The Balaban J connectivity index is 1.77. The highest BCUT2D eigenvalue weighted by atomic mass is 16.5. The fourth-order valence-electron chi connectivity index (χ4n) is 3.57. The molecule has 8 heteroatoms. The lowest BCUT2D eigenvalue weighted by Crippen LogP contribution is -2.24. The third kappa shape index (κ3) is 4.29. The molecule has 4 rings (SSSR count). The number of aliphatic imine (C=N–C) groups is 1.